The van der Waals surface area contributed by atoms with Crippen LogP contribution in [0.25, 0.3) is 10.6 Å². The Balaban J connectivity index is 1.75. The number of hydrogen-bond donors (Lipinski definition) is 1. The fraction of sp³-hybridized carbons (Fsp3) is 0.0500. The van der Waals surface area contributed by atoms with Gasteiger partial charge in [0.1, 0.15) is 10.6 Å². The number of benzene rings is 2. The average molecular weight is 449 g/mol. The van der Waals surface area contributed by atoms with E-state index in [1.54, 1.807) is 17.5 Å². The van der Waals surface area contributed by atoms with Crippen LogP contribution >= 0.6 is 11.3 Å². The van der Waals surface area contributed by atoms with Crippen molar-refractivity contribution in [2.75, 3.05) is 4.72 Å². The summed E-state index contributed by atoms with van der Waals surface area (Å²) >= 11 is 1.29. The van der Waals surface area contributed by atoms with E-state index >= 15 is 0 Å². The molecule has 0 amide bonds. The third kappa shape index (κ3) is 3.96. The van der Waals surface area contributed by atoms with E-state index in [2.05, 4.69) is 5.10 Å². The maximum atomic E-state index is 14.0. The van der Waals surface area contributed by atoms with Crippen molar-refractivity contribution in [3.05, 3.63) is 89.2 Å². The van der Waals surface area contributed by atoms with Crippen LogP contribution in [-0.4, -0.2) is 18.2 Å². The third-order valence-corrected chi connectivity index (χ3v) is 6.48. The van der Waals surface area contributed by atoms with Crippen LogP contribution in [-0.2, 0) is 16.6 Å². The van der Waals surface area contributed by atoms with Gasteiger partial charge in [0.05, 0.1) is 17.1 Å². The number of halogens is 3. The lowest BCUT2D eigenvalue weighted by atomic mass is 10.2. The zero-order valence-corrected chi connectivity index (χ0v) is 16.9. The highest BCUT2D eigenvalue weighted by Gasteiger charge is 2.26. The smallest absolute Gasteiger partial charge is 0.265 e. The predicted octanol–water partition coefficient (Wildman–Crippen LogP) is 4.88. The van der Waals surface area contributed by atoms with E-state index in [0.717, 1.165) is 11.6 Å². The lowest BCUT2D eigenvalue weighted by Gasteiger charge is -2.09. The summed E-state index contributed by atoms with van der Waals surface area (Å²) in [5.41, 5.74) is 0.388. The van der Waals surface area contributed by atoms with Crippen molar-refractivity contribution in [1.29, 1.82) is 0 Å². The van der Waals surface area contributed by atoms with Crippen molar-refractivity contribution in [1.82, 2.24) is 9.78 Å². The predicted molar refractivity (Wildman–Crippen MR) is 108 cm³/mol. The molecule has 0 bridgehead atoms. The minimum Gasteiger partial charge on any atom is -0.276 e. The largest absolute Gasteiger partial charge is 0.276 e. The van der Waals surface area contributed by atoms with Crippen LogP contribution in [0.4, 0.5) is 18.9 Å². The average Bonchev–Trinajstić information content (AvgIpc) is 3.39. The third-order valence-electron chi connectivity index (χ3n) is 4.24. The first-order valence-electron chi connectivity index (χ1n) is 8.67. The van der Waals surface area contributed by atoms with Gasteiger partial charge in [-0.25, -0.2) is 21.6 Å². The fourth-order valence-electron chi connectivity index (χ4n) is 2.84. The molecule has 0 aliphatic carbocycles. The summed E-state index contributed by atoms with van der Waals surface area (Å²) in [6, 6.07) is 14.2. The zero-order chi connectivity index (χ0) is 21.3. The summed E-state index contributed by atoms with van der Waals surface area (Å²) in [4.78, 5) is 0.387. The van der Waals surface area contributed by atoms with Gasteiger partial charge in [0.15, 0.2) is 17.5 Å². The summed E-state index contributed by atoms with van der Waals surface area (Å²) in [7, 11) is -4.35. The topological polar surface area (TPSA) is 64.0 Å². The summed E-state index contributed by atoms with van der Waals surface area (Å²) in [6.07, 6.45) is 1.32. The molecular formula is C20H14F3N3O2S2. The molecule has 2 aromatic heterocycles. The fourth-order valence-corrected chi connectivity index (χ4v) is 4.85. The Morgan fingerprint density at radius 2 is 1.73 bits per heavy atom. The van der Waals surface area contributed by atoms with Gasteiger partial charge in [0.25, 0.3) is 10.0 Å². The van der Waals surface area contributed by atoms with Crippen LogP contribution in [0.1, 0.15) is 5.56 Å². The van der Waals surface area contributed by atoms with Gasteiger partial charge in [0.2, 0.25) is 0 Å². The molecule has 0 saturated carbocycles. The molecule has 0 saturated heterocycles. The second-order valence-electron chi connectivity index (χ2n) is 6.33. The van der Waals surface area contributed by atoms with E-state index < -0.39 is 33.2 Å². The van der Waals surface area contributed by atoms with Crippen molar-refractivity contribution in [3.63, 3.8) is 0 Å². The molecule has 0 fully saturated rings. The molecule has 30 heavy (non-hydrogen) atoms. The monoisotopic (exact) mass is 449 g/mol. The Morgan fingerprint density at radius 3 is 2.43 bits per heavy atom. The standard InChI is InChI=1S/C20H14F3N3O2S2/c21-14-8-9-15(19(23)18(14)22)25-30(27,28)17-12-26(11-13-5-2-1-3-6-13)24-20(17)16-7-4-10-29-16/h1-10,12,25H,11H2. The van der Waals surface area contributed by atoms with E-state index in [1.807, 2.05) is 35.1 Å². The number of sulfonamides is 1. The van der Waals surface area contributed by atoms with Crippen LogP contribution in [0.15, 0.2) is 71.1 Å². The van der Waals surface area contributed by atoms with E-state index in [4.69, 9.17) is 0 Å². The second-order valence-corrected chi connectivity index (χ2v) is 8.93. The summed E-state index contributed by atoms with van der Waals surface area (Å²) in [6.45, 7) is 0.314. The molecule has 2 aromatic carbocycles. The molecule has 0 atom stereocenters. The normalized spacial score (nSPS) is 11.6. The summed E-state index contributed by atoms with van der Waals surface area (Å²) < 4.78 is 70.1. The zero-order valence-electron chi connectivity index (χ0n) is 15.2. The lowest BCUT2D eigenvalue weighted by Crippen LogP contribution is -2.15. The molecular weight excluding hydrogens is 435 g/mol. The number of nitrogens with zero attached hydrogens (tertiary/aromatic N) is 2. The first kappa shape index (κ1) is 20.2. The first-order chi connectivity index (χ1) is 14.3. The van der Waals surface area contributed by atoms with Gasteiger partial charge in [-0.3, -0.25) is 9.40 Å². The van der Waals surface area contributed by atoms with Crippen molar-refractivity contribution in [3.8, 4) is 10.6 Å². The summed E-state index contributed by atoms with van der Waals surface area (Å²) in [5.74, 6) is -4.79. The minimum atomic E-state index is -4.35. The van der Waals surface area contributed by atoms with Crippen molar-refractivity contribution in [2.24, 2.45) is 0 Å². The molecule has 154 valence electrons. The van der Waals surface area contributed by atoms with E-state index in [9.17, 15) is 21.6 Å². The molecule has 0 spiro atoms. The molecule has 0 aliphatic heterocycles. The molecule has 0 aliphatic rings. The maximum Gasteiger partial charge on any atom is 0.265 e. The van der Waals surface area contributed by atoms with Crippen LogP contribution in [0.2, 0.25) is 0 Å². The van der Waals surface area contributed by atoms with Gasteiger partial charge in [-0.2, -0.15) is 5.10 Å². The summed E-state index contributed by atoms with van der Waals surface area (Å²) in [5, 5.41) is 6.16. The molecule has 10 heteroatoms. The van der Waals surface area contributed by atoms with Gasteiger partial charge < -0.3 is 0 Å². The number of thiophene rings is 1. The Hall–Kier alpha value is -3.11. The van der Waals surface area contributed by atoms with Crippen molar-refractivity contribution < 1.29 is 21.6 Å². The van der Waals surface area contributed by atoms with Gasteiger partial charge in [-0.15, -0.1) is 11.3 Å². The van der Waals surface area contributed by atoms with E-state index in [0.29, 0.717) is 17.5 Å². The number of hydrogen-bond acceptors (Lipinski definition) is 4. The SMILES string of the molecule is O=S(=O)(Nc1ccc(F)c(F)c1F)c1cn(Cc2ccccc2)nc1-c1cccs1. The molecule has 0 radical (unpaired) electrons. The van der Waals surface area contributed by atoms with Crippen LogP contribution < -0.4 is 4.72 Å². The molecule has 4 rings (SSSR count). The Labute approximate surface area is 174 Å². The molecule has 0 unspecified atom stereocenters. The quantitative estimate of drug-likeness (QED) is 0.427. The van der Waals surface area contributed by atoms with Crippen molar-refractivity contribution in [2.45, 2.75) is 11.4 Å². The number of rotatable bonds is 6. The Morgan fingerprint density at radius 1 is 0.967 bits per heavy atom. The Bertz CT molecular complexity index is 1290. The van der Waals surface area contributed by atoms with Gasteiger partial charge in [-0.05, 0) is 29.1 Å². The molecule has 2 heterocycles. The van der Waals surface area contributed by atoms with E-state index in [-0.39, 0.29) is 10.6 Å². The minimum absolute atomic E-state index is 0.177. The maximum absolute atomic E-state index is 14.0. The highest BCUT2D eigenvalue weighted by molar-refractivity contribution is 7.92. The number of aromatic nitrogens is 2. The molecule has 5 nitrogen and oxygen atoms in total. The first-order valence-corrected chi connectivity index (χ1v) is 11.0. The highest BCUT2D eigenvalue weighted by atomic mass is 32.2. The molecule has 4 aromatic rings. The molecule has 1 N–H and O–H groups in total. The highest BCUT2D eigenvalue weighted by Crippen LogP contribution is 2.32. The van der Waals surface area contributed by atoms with Crippen molar-refractivity contribution >= 4 is 27.0 Å². The van der Waals surface area contributed by atoms with Crippen LogP contribution in [0.5, 0.6) is 0 Å². The van der Waals surface area contributed by atoms with Crippen LogP contribution in [0, 0.1) is 17.5 Å². The lowest BCUT2D eigenvalue weighted by molar-refractivity contribution is 0.449. The number of nitrogens with one attached hydrogen (secondary N) is 1. The van der Waals surface area contributed by atoms with E-state index in [1.165, 1.54) is 22.2 Å². The van der Waals surface area contributed by atoms with Gasteiger partial charge in [0, 0.05) is 6.20 Å². The second kappa shape index (κ2) is 7.96. The van der Waals surface area contributed by atoms with Gasteiger partial charge >= 0.3 is 0 Å². The Kier molecular flexibility index (Phi) is 5.35. The van der Waals surface area contributed by atoms with Gasteiger partial charge in [-0.1, -0.05) is 36.4 Å². The van der Waals surface area contributed by atoms with Crippen LogP contribution in [0.3, 0.4) is 0 Å². The number of anilines is 1.